The van der Waals surface area contributed by atoms with Gasteiger partial charge in [-0.1, -0.05) is 24.3 Å². The highest BCUT2D eigenvalue weighted by Crippen LogP contribution is 2.43. The van der Waals surface area contributed by atoms with Crippen molar-refractivity contribution in [2.75, 3.05) is 18.6 Å². The molecule has 1 aliphatic heterocycles. The number of ketones is 1. The summed E-state index contributed by atoms with van der Waals surface area (Å²) in [6.07, 6.45) is 0.0738. The summed E-state index contributed by atoms with van der Waals surface area (Å²) in [6.45, 7) is 5.62. The zero-order chi connectivity index (χ0) is 27.6. The van der Waals surface area contributed by atoms with Gasteiger partial charge in [-0.15, -0.1) is 0 Å². The molecule has 1 unspecified atom stereocenters. The maximum absolute atomic E-state index is 13.4. The monoisotopic (exact) mass is 515 g/mol. The molecule has 38 heavy (non-hydrogen) atoms. The average molecular weight is 516 g/mol. The molecule has 1 aliphatic rings. The third-order valence-corrected chi connectivity index (χ3v) is 6.52. The number of aryl methyl sites for hydroxylation is 2. The number of esters is 1. The highest BCUT2D eigenvalue weighted by Gasteiger charge is 2.47. The molecule has 1 atom stereocenters. The number of aliphatic hydroxyl groups is 1. The van der Waals surface area contributed by atoms with Crippen LogP contribution in [0.1, 0.15) is 40.8 Å². The number of ether oxygens (including phenoxy) is 2. The molecule has 1 fully saturated rings. The number of rotatable bonds is 7. The van der Waals surface area contributed by atoms with Gasteiger partial charge in [-0.3, -0.25) is 19.3 Å². The molecule has 0 spiro atoms. The number of anilines is 1. The molecule has 4 rings (SSSR count). The lowest BCUT2D eigenvalue weighted by atomic mass is 9.93. The van der Waals surface area contributed by atoms with E-state index in [2.05, 4.69) is 0 Å². The van der Waals surface area contributed by atoms with Crippen LogP contribution in [-0.2, 0) is 25.5 Å². The van der Waals surface area contributed by atoms with E-state index in [9.17, 15) is 24.6 Å². The van der Waals surface area contributed by atoms with Gasteiger partial charge in [0.1, 0.15) is 17.3 Å². The topological polar surface area (TPSA) is 113 Å². The fourth-order valence-corrected chi connectivity index (χ4v) is 4.63. The van der Waals surface area contributed by atoms with Crippen molar-refractivity contribution in [3.05, 3.63) is 94.1 Å². The third kappa shape index (κ3) is 4.98. The molecule has 8 heteroatoms. The number of carbonyl (C=O) groups is 3. The molecule has 1 saturated heterocycles. The van der Waals surface area contributed by atoms with Gasteiger partial charge in [0.15, 0.2) is 0 Å². The van der Waals surface area contributed by atoms with Crippen LogP contribution in [0.5, 0.6) is 11.5 Å². The summed E-state index contributed by atoms with van der Waals surface area (Å²) in [5.74, 6) is -1.64. The van der Waals surface area contributed by atoms with E-state index in [0.717, 1.165) is 5.56 Å². The molecule has 1 amide bonds. The van der Waals surface area contributed by atoms with Gasteiger partial charge >= 0.3 is 5.97 Å². The number of aromatic hydroxyl groups is 1. The molecular weight excluding hydrogens is 486 g/mol. The summed E-state index contributed by atoms with van der Waals surface area (Å²) in [7, 11) is 1.55. The van der Waals surface area contributed by atoms with E-state index in [1.54, 1.807) is 69.5 Å². The van der Waals surface area contributed by atoms with Gasteiger partial charge in [0.2, 0.25) is 0 Å². The molecule has 0 saturated carbocycles. The Morgan fingerprint density at radius 2 is 1.63 bits per heavy atom. The number of benzene rings is 3. The molecule has 8 nitrogen and oxygen atoms in total. The number of carbonyl (C=O) groups excluding carboxylic acids is 3. The number of aliphatic hydroxyl groups excluding tert-OH is 1. The summed E-state index contributed by atoms with van der Waals surface area (Å²) in [6, 6.07) is 15.3. The Kier molecular flexibility index (Phi) is 7.52. The molecule has 0 bridgehead atoms. The number of phenolic OH excluding ortho intramolecular Hbond substituents is 1. The first kappa shape index (κ1) is 26.5. The molecule has 0 aliphatic carbocycles. The molecule has 3 aromatic rings. The quantitative estimate of drug-likeness (QED) is 0.202. The number of amides is 1. The molecule has 196 valence electrons. The van der Waals surface area contributed by atoms with Crippen molar-refractivity contribution >= 4 is 29.1 Å². The summed E-state index contributed by atoms with van der Waals surface area (Å²) in [4.78, 5) is 40.0. The van der Waals surface area contributed by atoms with Gasteiger partial charge in [0.25, 0.3) is 11.7 Å². The van der Waals surface area contributed by atoms with Crippen LogP contribution in [-0.4, -0.2) is 41.6 Å². The fraction of sp³-hybridized carbons (Fsp3) is 0.233. The minimum Gasteiger partial charge on any atom is -0.508 e. The lowest BCUT2D eigenvalue weighted by molar-refractivity contribution is -0.142. The van der Waals surface area contributed by atoms with Crippen LogP contribution in [0, 0.1) is 13.8 Å². The summed E-state index contributed by atoms with van der Waals surface area (Å²) in [5, 5.41) is 21.3. The smallest absolute Gasteiger partial charge is 0.310 e. The molecule has 1 heterocycles. The zero-order valence-corrected chi connectivity index (χ0v) is 21.6. The minimum absolute atomic E-state index is 0.0237. The molecular formula is C30H29NO7. The first-order valence-corrected chi connectivity index (χ1v) is 12.2. The average Bonchev–Trinajstić information content (AvgIpc) is 3.16. The Balaban J connectivity index is 1.85. The maximum atomic E-state index is 13.4. The highest BCUT2D eigenvalue weighted by molar-refractivity contribution is 6.51. The standard InChI is InChI=1S/C30H29NO7/c1-5-38-25(33)16-19-6-10-21(11-7-19)31-27(20-8-12-22(32)13-9-20)26(29(35)30(31)36)28(34)23-14-18(3)24(37-4)15-17(23)2/h6-15,27,32,34H,5,16H2,1-4H3/b28-26+. The first-order chi connectivity index (χ1) is 18.2. The molecule has 0 radical (unpaired) electrons. The van der Waals surface area contributed by atoms with Crippen molar-refractivity contribution in [3.8, 4) is 11.5 Å². The van der Waals surface area contributed by atoms with Crippen molar-refractivity contribution in [1.29, 1.82) is 0 Å². The number of methoxy groups -OCH3 is 1. The maximum Gasteiger partial charge on any atom is 0.310 e. The Bertz CT molecular complexity index is 1420. The minimum atomic E-state index is -0.951. The van der Waals surface area contributed by atoms with Gasteiger partial charge in [0.05, 0.1) is 31.8 Å². The third-order valence-electron chi connectivity index (χ3n) is 6.52. The van der Waals surface area contributed by atoms with Crippen LogP contribution in [0.3, 0.4) is 0 Å². The van der Waals surface area contributed by atoms with Gasteiger partial charge in [0, 0.05) is 11.3 Å². The second-order valence-electron chi connectivity index (χ2n) is 9.05. The van der Waals surface area contributed by atoms with E-state index in [4.69, 9.17) is 9.47 Å². The predicted molar refractivity (Wildman–Crippen MR) is 142 cm³/mol. The summed E-state index contributed by atoms with van der Waals surface area (Å²) >= 11 is 0. The van der Waals surface area contributed by atoms with E-state index < -0.39 is 17.7 Å². The Morgan fingerprint density at radius 1 is 0.974 bits per heavy atom. The second-order valence-corrected chi connectivity index (χ2v) is 9.05. The Hall–Kier alpha value is -4.59. The number of nitrogens with zero attached hydrogens (tertiary/aromatic N) is 1. The van der Waals surface area contributed by atoms with Crippen molar-refractivity contribution in [3.63, 3.8) is 0 Å². The number of hydrogen-bond donors (Lipinski definition) is 2. The van der Waals surface area contributed by atoms with Crippen LogP contribution in [0.4, 0.5) is 5.69 Å². The predicted octanol–water partition coefficient (Wildman–Crippen LogP) is 4.75. The van der Waals surface area contributed by atoms with Crippen LogP contribution < -0.4 is 9.64 Å². The summed E-state index contributed by atoms with van der Waals surface area (Å²) in [5.41, 5.74) is 3.41. The van der Waals surface area contributed by atoms with Crippen molar-refractivity contribution in [2.45, 2.75) is 33.2 Å². The lowest BCUT2D eigenvalue weighted by Crippen LogP contribution is -2.29. The van der Waals surface area contributed by atoms with Crippen LogP contribution in [0.25, 0.3) is 5.76 Å². The second kappa shape index (κ2) is 10.8. The molecule has 3 aromatic carbocycles. The van der Waals surface area contributed by atoms with Gasteiger partial charge in [-0.05, 0) is 79.4 Å². The summed E-state index contributed by atoms with van der Waals surface area (Å²) < 4.78 is 10.4. The number of hydrogen-bond acceptors (Lipinski definition) is 7. The lowest BCUT2D eigenvalue weighted by Gasteiger charge is -2.26. The SMILES string of the molecule is CCOC(=O)Cc1ccc(N2C(=O)C(=O)/C(=C(/O)c3cc(C)c(OC)cc3C)C2c2ccc(O)cc2)cc1. The molecule has 0 aromatic heterocycles. The van der Waals surface area contributed by atoms with Gasteiger partial charge in [-0.25, -0.2) is 0 Å². The van der Waals surface area contributed by atoms with Crippen molar-refractivity contribution in [2.24, 2.45) is 0 Å². The van der Waals surface area contributed by atoms with Crippen LogP contribution in [0.2, 0.25) is 0 Å². The fourth-order valence-electron chi connectivity index (χ4n) is 4.63. The van der Waals surface area contributed by atoms with Crippen LogP contribution >= 0.6 is 0 Å². The number of phenols is 1. The van der Waals surface area contributed by atoms with E-state index in [1.165, 1.54) is 17.0 Å². The normalized spacial score (nSPS) is 16.5. The zero-order valence-electron chi connectivity index (χ0n) is 21.6. The van der Waals surface area contributed by atoms with E-state index in [1.807, 2.05) is 6.92 Å². The van der Waals surface area contributed by atoms with Crippen molar-refractivity contribution < 1.29 is 34.1 Å². The molecule has 2 N–H and O–H groups in total. The Morgan fingerprint density at radius 3 is 2.24 bits per heavy atom. The number of Topliss-reactive ketones (excluding diaryl/α,β-unsaturated/α-hetero) is 1. The Labute approximate surface area is 220 Å². The van der Waals surface area contributed by atoms with Crippen molar-refractivity contribution in [1.82, 2.24) is 0 Å². The largest absolute Gasteiger partial charge is 0.508 e. The van der Waals surface area contributed by atoms with Gasteiger partial charge in [-0.2, -0.15) is 0 Å². The van der Waals surface area contributed by atoms with E-state index in [0.29, 0.717) is 33.7 Å². The van der Waals surface area contributed by atoms with Crippen LogP contribution in [0.15, 0.2) is 66.2 Å². The van der Waals surface area contributed by atoms with E-state index >= 15 is 0 Å². The highest BCUT2D eigenvalue weighted by atomic mass is 16.5. The first-order valence-electron chi connectivity index (χ1n) is 12.2. The van der Waals surface area contributed by atoms with Gasteiger partial charge < -0.3 is 19.7 Å². The van der Waals surface area contributed by atoms with E-state index in [-0.39, 0.29) is 36.1 Å².